The van der Waals surface area contributed by atoms with Gasteiger partial charge in [0, 0.05) is 29.9 Å². The van der Waals surface area contributed by atoms with Gasteiger partial charge in [0.25, 0.3) is 0 Å². The fourth-order valence-electron chi connectivity index (χ4n) is 3.35. The molecule has 0 saturated carbocycles. The number of hydrogen-bond acceptors (Lipinski definition) is 3. The predicted molar refractivity (Wildman–Crippen MR) is 116 cm³/mol. The quantitative estimate of drug-likeness (QED) is 0.326. The summed E-state index contributed by atoms with van der Waals surface area (Å²) in [7, 11) is 0. The van der Waals surface area contributed by atoms with Gasteiger partial charge in [-0.25, -0.2) is 0 Å². The lowest BCUT2D eigenvalue weighted by molar-refractivity contribution is 0.103. The van der Waals surface area contributed by atoms with E-state index in [9.17, 15) is 4.79 Å². The van der Waals surface area contributed by atoms with Crippen LogP contribution in [0.15, 0.2) is 85.7 Å². The number of benzene rings is 2. The van der Waals surface area contributed by atoms with Crippen molar-refractivity contribution in [3.05, 3.63) is 108 Å². The molecule has 0 spiro atoms. The van der Waals surface area contributed by atoms with Gasteiger partial charge in [-0.1, -0.05) is 43.0 Å². The molecule has 4 heteroatoms. The van der Waals surface area contributed by atoms with E-state index >= 15 is 0 Å². The smallest absolute Gasteiger partial charge is 0.209 e. The maximum atomic E-state index is 13.2. The molecule has 0 saturated heterocycles. The third-order valence-corrected chi connectivity index (χ3v) is 4.87. The lowest BCUT2D eigenvalue weighted by atomic mass is 10.1. The first-order valence-electron chi connectivity index (χ1n) is 9.53. The summed E-state index contributed by atoms with van der Waals surface area (Å²) in [6.07, 6.45) is 5.48. The number of ketones is 1. The van der Waals surface area contributed by atoms with E-state index < -0.39 is 0 Å². The van der Waals surface area contributed by atoms with Crippen LogP contribution in [-0.4, -0.2) is 21.9 Å². The normalized spacial score (nSPS) is 10.8. The van der Waals surface area contributed by atoms with Crippen molar-refractivity contribution < 1.29 is 9.53 Å². The van der Waals surface area contributed by atoms with Gasteiger partial charge in [-0.2, -0.15) is 0 Å². The average molecular weight is 382 g/mol. The molecule has 0 aliphatic rings. The molecule has 4 aromatic rings. The van der Waals surface area contributed by atoms with Crippen molar-refractivity contribution in [2.45, 2.75) is 13.5 Å². The summed E-state index contributed by atoms with van der Waals surface area (Å²) in [6.45, 7) is 6.62. The highest BCUT2D eigenvalue weighted by atomic mass is 16.5. The highest BCUT2D eigenvalue weighted by Gasteiger charge is 2.15. The molecule has 0 atom stereocenters. The average Bonchev–Trinajstić information content (AvgIpc) is 3.20. The van der Waals surface area contributed by atoms with Gasteiger partial charge < -0.3 is 9.30 Å². The molecule has 0 N–H and O–H groups in total. The molecule has 0 amide bonds. The summed E-state index contributed by atoms with van der Waals surface area (Å²) in [5, 5.41) is 1.09. The SMILES string of the molecule is C=CCOc1cc(C(=O)c2cccn2Cc2cnc3ccccc3c2)ccc1C. The van der Waals surface area contributed by atoms with E-state index in [1.807, 2.05) is 72.4 Å². The van der Waals surface area contributed by atoms with Crippen molar-refractivity contribution in [3.63, 3.8) is 0 Å². The number of hydrogen-bond donors (Lipinski definition) is 0. The van der Waals surface area contributed by atoms with Crippen LogP contribution in [0, 0.1) is 6.92 Å². The zero-order chi connectivity index (χ0) is 20.2. The van der Waals surface area contributed by atoms with E-state index in [1.54, 1.807) is 12.1 Å². The topological polar surface area (TPSA) is 44.1 Å². The fraction of sp³-hybridized carbons (Fsp3) is 0.120. The Kier molecular flexibility index (Phi) is 5.25. The van der Waals surface area contributed by atoms with Crippen molar-refractivity contribution in [1.82, 2.24) is 9.55 Å². The van der Waals surface area contributed by atoms with Gasteiger partial charge in [0.1, 0.15) is 12.4 Å². The van der Waals surface area contributed by atoms with Crippen molar-refractivity contribution >= 4 is 16.7 Å². The number of aromatic nitrogens is 2. The molecule has 4 nitrogen and oxygen atoms in total. The molecule has 2 aromatic carbocycles. The Morgan fingerprint density at radius 2 is 2.00 bits per heavy atom. The third-order valence-electron chi connectivity index (χ3n) is 4.87. The summed E-state index contributed by atoms with van der Waals surface area (Å²) in [5.74, 6) is 0.666. The molecule has 2 heterocycles. The van der Waals surface area contributed by atoms with Crippen LogP contribution in [0.3, 0.4) is 0 Å². The van der Waals surface area contributed by atoms with E-state index in [-0.39, 0.29) is 5.78 Å². The second-order valence-corrected chi connectivity index (χ2v) is 6.97. The summed E-state index contributed by atoms with van der Waals surface area (Å²) < 4.78 is 7.63. The van der Waals surface area contributed by atoms with E-state index in [1.165, 1.54) is 0 Å². The number of aryl methyl sites for hydroxylation is 1. The Balaban J connectivity index is 1.61. The first-order chi connectivity index (χ1) is 14.2. The standard InChI is InChI=1S/C25H22N2O2/c1-3-13-29-24-15-21(11-10-18(24)2)25(28)23-9-6-12-27(23)17-19-14-20-7-4-5-8-22(20)26-16-19/h3-12,14-16H,1,13,17H2,2H3. The van der Waals surface area contributed by atoms with Gasteiger partial charge in [0.2, 0.25) is 5.78 Å². The van der Waals surface area contributed by atoms with Crippen molar-refractivity contribution in [2.75, 3.05) is 6.61 Å². The number of nitrogens with zero attached hydrogens (tertiary/aromatic N) is 2. The van der Waals surface area contributed by atoms with Gasteiger partial charge in [-0.3, -0.25) is 9.78 Å². The van der Waals surface area contributed by atoms with Crippen LogP contribution in [0.25, 0.3) is 10.9 Å². The zero-order valence-corrected chi connectivity index (χ0v) is 16.3. The van der Waals surface area contributed by atoms with Crippen molar-refractivity contribution in [3.8, 4) is 5.75 Å². The predicted octanol–water partition coefficient (Wildman–Crippen LogP) is 5.19. The van der Waals surface area contributed by atoms with Gasteiger partial charge in [-0.05, 0) is 48.4 Å². The maximum Gasteiger partial charge on any atom is 0.209 e. The minimum atomic E-state index is -0.0350. The zero-order valence-electron chi connectivity index (χ0n) is 16.3. The molecule has 0 aliphatic carbocycles. The van der Waals surface area contributed by atoms with Crippen LogP contribution in [0.1, 0.15) is 27.2 Å². The largest absolute Gasteiger partial charge is 0.489 e. The Labute approximate surface area is 170 Å². The third kappa shape index (κ3) is 3.97. The number of para-hydroxylation sites is 1. The lowest BCUT2D eigenvalue weighted by Crippen LogP contribution is -2.11. The summed E-state index contributed by atoms with van der Waals surface area (Å²) in [4.78, 5) is 17.7. The number of pyridine rings is 1. The van der Waals surface area contributed by atoms with Gasteiger partial charge >= 0.3 is 0 Å². The first-order valence-corrected chi connectivity index (χ1v) is 9.53. The molecule has 29 heavy (non-hydrogen) atoms. The molecule has 144 valence electrons. The molecular weight excluding hydrogens is 360 g/mol. The van der Waals surface area contributed by atoms with Crippen molar-refractivity contribution in [2.24, 2.45) is 0 Å². The van der Waals surface area contributed by atoms with Crippen LogP contribution >= 0.6 is 0 Å². The molecule has 4 rings (SSSR count). The highest BCUT2D eigenvalue weighted by molar-refractivity contribution is 6.08. The van der Waals surface area contributed by atoms with Crippen LogP contribution in [0.5, 0.6) is 5.75 Å². The molecular formula is C25H22N2O2. The number of ether oxygens (including phenoxy) is 1. The monoisotopic (exact) mass is 382 g/mol. The summed E-state index contributed by atoms with van der Waals surface area (Å²) in [5.41, 5.74) is 4.24. The fourth-order valence-corrected chi connectivity index (χ4v) is 3.35. The Morgan fingerprint density at radius 1 is 1.14 bits per heavy atom. The van der Waals surface area contributed by atoms with Gasteiger partial charge in [0.15, 0.2) is 0 Å². The summed E-state index contributed by atoms with van der Waals surface area (Å²) >= 11 is 0. The van der Waals surface area contributed by atoms with Crippen LogP contribution in [-0.2, 0) is 6.54 Å². The lowest BCUT2D eigenvalue weighted by Gasteiger charge is -2.12. The van der Waals surface area contributed by atoms with Gasteiger partial charge in [-0.15, -0.1) is 0 Å². The molecule has 0 aliphatic heterocycles. The first kappa shape index (κ1) is 18.7. The minimum Gasteiger partial charge on any atom is -0.489 e. The second kappa shape index (κ2) is 8.15. The Bertz CT molecular complexity index is 1190. The highest BCUT2D eigenvalue weighted by Crippen LogP contribution is 2.22. The number of rotatable bonds is 7. The number of carbonyl (C=O) groups excluding carboxylic acids is 1. The van der Waals surface area contributed by atoms with E-state index in [2.05, 4.69) is 17.6 Å². The second-order valence-electron chi connectivity index (χ2n) is 6.97. The van der Waals surface area contributed by atoms with Crippen LogP contribution in [0.2, 0.25) is 0 Å². The van der Waals surface area contributed by atoms with Gasteiger partial charge in [0.05, 0.1) is 11.2 Å². The van der Waals surface area contributed by atoms with E-state index in [0.29, 0.717) is 30.2 Å². The van der Waals surface area contributed by atoms with E-state index in [0.717, 1.165) is 22.0 Å². The van der Waals surface area contributed by atoms with Crippen LogP contribution in [0.4, 0.5) is 0 Å². The molecule has 0 unspecified atom stereocenters. The minimum absolute atomic E-state index is 0.0350. The van der Waals surface area contributed by atoms with Crippen molar-refractivity contribution in [1.29, 1.82) is 0 Å². The van der Waals surface area contributed by atoms with Crippen LogP contribution < -0.4 is 4.74 Å². The molecule has 0 radical (unpaired) electrons. The molecule has 0 bridgehead atoms. The number of carbonyl (C=O) groups is 1. The number of fused-ring (bicyclic) bond motifs is 1. The Hall–Kier alpha value is -3.66. The van der Waals surface area contributed by atoms with E-state index in [4.69, 9.17) is 4.74 Å². The summed E-state index contributed by atoms with van der Waals surface area (Å²) in [6, 6.07) is 19.4. The molecule has 0 fully saturated rings. The molecule has 2 aromatic heterocycles. The maximum absolute atomic E-state index is 13.2. The Morgan fingerprint density at radius 3 is 2.86 bits per heavy atom.